The fraction of sp³-hybridized carbons (Fsp3) is 0.600. The number of hydrogen-bond acceptors (Lipinski definition) is 3. The van der Waals surface area contributed by atoms with E-state index < -0.39 is 0 Å². The summed E-state index contributed by atoms with van der Waals surface area (Å²) in [5.74, 6) is 0. The highest BCUT2D eigenvalue weighted by atomic mass is 15.3. The van der Waals surface area contributed by atoms with Crippen LogP contribution >= 0.6 is 0 Å². The van der Waals surface area contributed by atoms with E-state index in [-0.39, 0.29) is 0 Å². The Hall–Kier alpha value is -1.06. The van der Waals surface area contributed by atoms with Crippen LogP contribution in [0.5, 0.6) is 0 Å². The first-order valence-electron chi connectivity index (χ1n) is 6.88. The van der Waals surface area contributed by atoms with E-state index in [0.717, 1.165) is 13.1 Å². The molecule has 3 nitrogen and oxygen atoms in total. The fourth-order valence-corrected chi connectivity index (χ4v) is 2.52. The van der Waals surface area contributed by atoms with Crippen LogP contribution in [0.1, 0.15) is 12.5 Å². The molecule has 0 saturated carbocycles. The van der Waals surface area contributed by atoms with Crippen LogP contribution < -0.4 is 5.32 Å². The summed E-state index contributed by atoms with van der Waals surface area (Å²) in [5, 5.41) is 3.50. The summed E-state index contributed by atoms with van der Waals surface area (Å²) in [6.45, 7) is 10.2. The molecule has 0 bridgehead atoms. The third-order valence-corrected chi connectivity index (χ3v) is 3.75. The van der Waals surface area contributed by atoms with Gasteiger partial charge in [-0.25, -0.2) is 0 Å². The van der Waals surface area contributed by atoms with Crippen molar-refractivity contribution in [2.45, 2.75) is 19.9 Å². The van der Waals surface area contributed by atoms with E-state index in [0.29, 0.717) is 6.04 Å². The molecule has 0 spiro atoms. The molecule has 100 valence electrons. The maximum atomic E-state index is 3.50. The zero-order valence-corrected chi connectivity index (χ0v) is 11.8. The Kier molecular flexibility index (Phi) is 4.61. The van der Waals surface area contributed by atoms with Crippen LogP contribution in [0.2, 0.25) is 0 Å². The Labute approximate surface area is 111 Å². The van der Waals surface area contributed by atoms with Gasteiger partial charge in [-0.1, -0.05) is 17.7 Å². The Morgan fingerprint density at radius 2 is 1.94 bits per heavy atom. The van der Waals surface area contributed by atoms with E-state index in [1.165, 1.54) is 30.9 Å². The van der Waals surface area contributed by atoms with E-state index in [1.807, 2.05) is 0 Å². The minimum Gasteiger partial charge on any atom is -0.384 e. The Bertz CT molecular complexity index is 361. The van der Waals surface area contributed by atoms with Crippen molar-refractivity contribution in [2.75, 3.05) is 45.1 Å². The molecule has 1 atom stereocenters. The number of nitrogens with zero attached hydrogens (tertiary/aromatic N) is 2. The topological polar surface area (TPSA) is 18.5 Å². The van der Waals surface area contributed by atoms with E-state index in [2.05, 4.69) is 60.3 Å². The molecule has 2 rings (SSSR count). The number of hydrogen-bond donors (Lipinski definition) is 1. The van der Waals surface area contributed by atoms with Gasteiger partial charge in [0.25, 0.3) is 0 Å². The van der Waals surface area contributed by atoms with E-state index in [9.17, 15) is 0 Å². The predicted molar refractivity (Wildman–Crippen MR) is 78.2 cm³/mol. The summed E-state index contributed by atoms with van der Waals surface area (Å²) in [5.41, 5.74) is 2.54. The molecule has 1 fully saturated rings. The maximum Gasteiger partial charge on any atom is 0.0340 e. The monoisotopic (exact) mass is 247 g/mol. The Morgan fingerprint density at radius 1 is 1.22 bits per heavy atom. The molecule has 18 heavy (non-hydrogen) atoms. The molecule has 1 aromatic rings. The van der Waals surface area contributed by atoms with Gasteiger partial charge in [0.1, 0.15) is 0 Å². The average molecular weight is 247 g/mol. The van der Waals surface area contributed by atoms with Crippen LogP contribution in [0.4, 0.5) is 5.69 Å². The first-order valence-corrected chi connectivity index (χ1v) is 6.88. The normalized spacial score (nSPS) is 22.1. The van der Waals surface area contributed by atoms with Crippen LogP contribution in [0, 0.1) is 6.92 Å². The maximum absolute atomic E-state index is 3.50. The number of aryl methyl sites for hydroxylation is 1. The van der Waals surface area contributed by atoms with Gasteiger partial charge in [-0.05, 0) is 33.0 Å². The van der Waals surface area contributed by atoms with Crippen LogP contribution in [-0.4, -0.2) is 55.6 Å². The van der Waals surface area contributed by atoms with Crippen molar-refractivity contribution in [1.82, 2.24) is 9.80 Å². The van der Waals surface area contributed by atoms with Crippen LogP contribution in [0.3, 0.4) is 0 Å². The number of rotatable bonds is 4. The number of nitrogens with one attached hydrogen (secondary N) is 1. The molecular formula is C15H25N3. The number of anilines is 1. The fourth-order valence-electron chi connectivity index (χ4n) is 2.52. The molecule has 1 N–H and O–H groups in total. The van der Waals surface area contributed by atoms with Crippen LogP contribution in [0.25, 0.3) is 0 Å². The van der Waals surface area contributed by atoms with Gasteiger partial charge in [-0.2, -0.15) is 0 Å². The van der Waals surface area contributed by atoms with Crippen molar-refractivity contribution in [1.29, 1.82) is 0 Å². The van der Waals surface area contributed by atoms with Crippen LogP contribution in [-0.2, 0) is 0 Å². The van der Waals surface area contributed by atoms with Gasteiger partial charge in [-0.3, -0.25) is 4.90 Å². The molecule has 0 amide bonds. The smallest absolute Gasteiger partial charge is 0.0340 e. The third kappa shape index (κ3) is 3.72. The molecule has 1 heterocycles. The largest absolute Gasteiger partial charge is 0.384 e. The SMILES string of the molecule is Cc1ccc(NCCN2CCN(C)CC2C)cc1. The zero-order chi connectivity index (χ0) is 13.0. The number of piperazine rings is 1. The van der Waals surface area contributed by atoms with Crippen molar-refractivity contribution in [3.8, 4) is 0 Å². The first-order chi connectivity index (χ1) is 8.65. The quantitative estimate of drug-likeness (QED) is 0.878. The van der Waals surface area contributed by atoms with Gasteiger partial charge in [0.2, 0.25) is 0 Å². The lowest BCUT2D eigenvalue weighted by Crippen LogP contribution is -2.51. The minimum atomic E-state index is 0.670. The van der Waals surface area contributed by atoms with Gasteiger partial charge in [0.05, 0.1) is 0 Å². The predicted octanol–water partition coefficient (Wildman–Crippen LogP) is 2.04. The number of likely N-dealkylation sites (N-methyl/N-ethyl adjacent to an activating group) is 1. The zero-order valence-electron chi connectivity index (χ0n) is 11.8. The number of benzene rings is 1. The molecular weight excluding hydrogens is 222 g/mol. The highest BCUT2D eigenvalue weighted by Crippen LogP contribution is 2.10. The molecule has 1 saturated heterocycles. The average Bonchev–Trinajstić information content (AvgIpc) is 2.34. The molecule has 0 aliphatic carbocycles. The van der Waals surface area contributed by atoms with Crippen molar-refractivity contribution >= 4 is 5.69 Å². The summed E-state index contributed by atoms with van der Waals surface area (Å²) < 4.78 is 0. The second kappa shape index (κ2) is 6.21. The van der Waals surface area contributed by atoms with Gasteiger partial charge >= 0.3 is 0 Å². The Balaban J connectivity index is 1.73. The summed E-state index contributed by atoms with van der Waals surface area (Å²) in [6, 6.07) is 9.29. The molecule has 1 unspecified atom stereocenters. The van der Waals surface area contributed by atoms with Crippen molar-refractivity contribution < 1.29 is 0 Å². The molecule has 1 aliphatic rings. The second-order valence-corrected chi connectivity index (χ2v) is 5.44. The lowest BCUT2D eigenvalue weighted by atomic mass is 10.2. The molecule has 0 aromatic heterocycles. The van der Waals surface area contributed by atoms with Crippen LogP contribution in [0.15, 0.2) is 24.3 Å². The van der Waals surface area contributed by atoms with Crippen molar-refractivity contribution in [3.63, 3.8) is 0 Å². The standard InChI is InChI=1S/C15H25N3/c1-13-4-6-15(7-5-13)16-8-9-18-11-10-17(3)12-14(18)2/h4-7,14,16H,8-12H2,1-3H3. The first kappa shape index (κ1) is 13.4. The molecule has 1 aliphatic heterocycles. The van der Waals surface area contributed by atoms with Gasteiger partial charge in [0, 0.05) is 44.5 Å². The Morgan fingerprint density at radius 3 is 2.61 bits per heavy atom. The second-order valence-electron chi connectivity index (χ2n) is 5.44. The lowest BCUT2D eigenvalue weighted by molar-refractivity contribution is 0.104. The summed E-state index contributed by atoms with van der Waals surface area (Å²) in [4.78, 5) is 4.98. The summed E-state index contributed by atoms with van der Waals surface area (Å²) in [6.07, 6.45) is 0. The minimum absolute atomic E-state index is 0.670. The van der Waals surface area contributed by atoms with E-state index in [4.69, 9.17) is 0 Å². The van der Waals surface area contributed by atoms with Crippen molar-refractivity contribution in [3.05, 3.63) is 29.8 Å². The van der Waals surface area contributed by atoms with Gasteiger partial charge in [-0.15, -0.1) is 0 Å². The third-order valence-electron chi connectivity index (χ3n) is 3.75. The van der Waals surface area contributed by atoms with Crippen molar-refractivity contribution in [2.24, 2.45) is 0 Å². The molecule has 1 aromatic carbocycles. The molecule has 3 heteroatoms. The highest BCUT2D eigenvalue weighted by Gasteiger charge is 2.20. The summed E-state index contributed by atoms with van der Waals surface area (Å²) >= 11 is 0. The van der Waals surface area contributed by atoms with E-state index >= 15 is 0 Å². The summed E-state index contributed by atoms with van der Waals surface area (Å²) in [7, 11) is 2.21. The highest BCUT2D eigenvalue weighted by molar-refractivity contribution is 5.44. The van der Waals surface area contributed by atoms with Gasteiger partial charge < -0.3 is 10.2 Å². The lowest BCUT2D eigenvalue weighted by Gasteiger charge is -2.38. The van der Waals surface area contributed by atoms with E-state index in [1.54, 1.807) is 0 Å². The molecule has 0 radical (unpaired) electrons. The van der Waals surface area contributed by atoms with Gasteiger partial charge in [0.15, 0.2) is 0 Å².